The van der Waals surface area contributed by atoms with Gasteiger partial charge < -0.3 is 4.79 Å². The highest BCUT2D eigenvalue weighted by Gasteiger charge is 2.36. The summed E-state index contributed by atoms with van der Waals surface area (Å²) in [7, 11) is 0. The normalized spacial score (nSPS) is 10.5. The minimum atomic E-state index is -4.78. The highest BCUT2D eigenvalue weighted by Crippen LogP contribution is 2.34. The van der Waals surface area contributed by atoms with E-state index in [1.54, 1.807) is 0 Å². The van der Waals surface area contributed by atoms with Crippen molar-refractivity contribution >= 4 is 6.79 Å². The SMILES string of the molecule is C=O.Cc1cc(F)cc(F)c1C(F)(F)F. The molecule has 0 N–H and O–H groups in total. The van der Waals surface area contributed by atoms with Crippen LogP contribution in [0.3, 0.4) is 0 Å². The molecule has 0 saturated carbocycles. The Balaban J connectivity index is 0.000000921. The first-order chi connectivity index (χ1) is 6.82. The van der Waals surface area contributed by atoms with Gasteiger partial charge in [0, 0.05) is 6.07 Å². The molecular formula is C9H7F5O. The van der Waals surface area contributed by atoms with Crippen molar-refractivity contribution in [3.05, 3.63) is 34.9 Å². The molecule has 0 atom stereocenters. The molecule has 0 fully saturated rings. The van der Waals surface area contributed by atoms with Crippen LogP contribution in [0.2, 0.25) is 0 Å². The Hall–Kier alpha value is -1.46. The maximum absolute atomic E-state index is 12.6. The smallest absolute Gasteiger partial charge is 0.307 e. The standard InChI is InChI=1S/C8H5F5.CH2O/c1-4-2-5(9)3-6(10)7(4)8(11,12)13;1-2/h2-3H,1H3;1H2. The average molecular weight is 226 g/mol. The minimum Gasteiger partial charge on any atom is -0.307 e. The summed E-state index contributed by atoms with van der Waals surface area (Å²) in [6.07, 6.45) is -4.78. The van der Waals surface area contributed by atoms with Gasteiger partial charge in [0.2, 0.25) is 0 Å². The monoisotopic (exact) mass is 226 g/mol. The number of carbonyl (C=O) groups is 1. The molecule has 0 heterocycles. The van der Waals surface area contributed by atoms with Crippen molar-refractivity contribution in [1.82, 2.24) is 0 Å². The maximum Gasteiger partial charge on any atom is 0.419 e. The summed E-state index contributed by atoms with van der Waals surface area (Å²) in [5.74, 6) is -2.59. The Bertz CT molecular complexity index is 322. The lowest BCUT2D eigenvalue weighted by Gasteiger charge is -2.10. The molecule has 0 amide bonds. The van der Waals surface area contributed by atoms with Crippen LogP contribution in [0, 0.1) is 18.6 Å². The Kier molecular flexibility index (Phi) is 4.39. The zero-order chi connectivity index (χ0) is 12.2. The van der Waals surface area contributed by atoms with Gasteiger partial charge >= 0.3 is 6.18 Å². The van der Waals surface area contributed by atoms with E-state index in [2.05, 4.69) is 0 Å². The molecule has 0 aromatic heterocycles. The number of rotatable bonds is 0. The number of aryl methyl sites for hydroxylation is 1. The first-order valence-electron chi connectivity index (χ1n) is 3.64. The van der Waals surface area contributed by atoms with Crippen LogP contribution in [-0.4, -0.2) is 6.79 Å². The Morgan fingerprint density at radius 2 is 1.60 bits per heavy atom. The zero-order valence-corrected chi connectivity index (χ0v) is 7.66. The van der Waals surface area contributed by atoms with E-state index in [4.69, 9.17) is 4.79 Å². The van der Waals surface area contributed by atoms with Crippen molar-refractivity contribution in [2.24, 2.45) is 0 Å². The van der Waals surface area contributed by atoms with Crippen LogP contribution in [0.4, 0.5) is 22.0 Å². The summed E-state index contributed by atoms with van der Waals surface area (Å²) in [5, 5.41) is 0. The quantitative estimate of drug-likeness (QED) is 0.621. The van der Waals surface area contributed by atoms with Gasteiger partial charge in [0.15, 0.2) is 0 Å². The van der Waals surface area contributed by atoms with Gasteiger partial charge in [-0.05, 0) is 18.6 Å². The second kappa shape index (κ2) is 4.86. The van der Waals surface area contributed by atoms with Crippen LogP contribution >= 0.6 is 0 Å². The van der Waals surface area contributed by atoms with Gasteiger partial charge in [-0.15, -0.1) is 0 Å². The molecule has 0 saturated heterocycles. The van der Waals surface area contributed by atoms with Gasteiger partial charge in [0.1, 0.15) is 18.4 Å². The van der Waals surface area contributed by atoms with Gasteiger partial charge in [-0.1, -0.05) is 0 Å². The number of carbonyl (C=O) groups excluding carboxylic acids is 1. The Labute approximate surface area is 82.5 Å². The number of alkyl halides is 3. The van der Waals surface area contributed by atoms with Crippen LogP contribution in [0.5, 0.6) is 0 Å². The Morgan fingerprint density at radius 3 is 1.93 bits per heavy atom. The van der Waals surface area contributed by atoms with Gasteiger partial charge in [-0.2, -0.15) is 13.2 Å². The van der Waals surface area contributed by atoms with E-state index < -0.39 is 28.9 Å². The third-order valence-electron chi connectivity index (χ3n) is 1.54. The van der Waals surface area contributed by atoms with Crippen molar-refractivity contribution < 1.29 is 26.7 Å². The molecule has 1 rings (SSSR count). The Morgan fingerprint density at radius 1 is 1.13 bits per heavy atom. The average Bonchev–Trinajstić information content (AvgIpc) is 2.02. The minimum absolute atomic E-state index is 0.218. The summed E-state index contributed by atoms with van der Waals surface area (Å²) < 4.78 is 61.3. The second-order valence-electron chi connectivity index (χ2n) is 2.58. The largest absolute Gasteiger partial charge is 0.419 e. The summed E-state index contributed by atoms with van der Waals surface area (Å²) >= 11 is 0. The predicted molar refractivity (Wildman–Crippen MR) is 43.2 cm³/mol. The number of hydrogen-bond acceptors (Lipinski definition) is 1. The van der Waals surface area contributed by atoms with Crippen LogP contribution in [0.25, 0.3) is 0 Å². The first-order valence-corrected chi connectivity index (χ1v) is 3.64. The molecule has 0 radical (unpaired) electrons. The summed E-state index contributed by atoms with van der Waals surface area (Å²) in [5.41, 5.74) is -1.86. The number of halogens is 5. The lowest BCUT2D eigenvalue weighted by Crippen LogP contribution is -2.10. The topological polar surface area (TPSA) is 17.1 Å². The van der Waals surface area contributed by atoms with Crippen LogP contribution < -0.4 is 0 Å². The fourth-order valence-electron chi connectivity index (χ4n) is 1.06. The molecule has 6 heteroatoms. The third kappa shape index (κ3) is 3.30. The highest BCUT2D eigenvalue weighted by atomic mass is 19.4. The van der Waals surface area contributed by atoms with E-state index >= 15 is 0 Å². The zero-order valence-electron chi connectivity index (χ0n) is 7.66. The van der Waals surface area contributed by atoms with E-state index in [-0.39, 0.29) is 6.07 Å². The second-order valence-corrected chi connectivity index (χ2v) is 2.58. The molecule has 0 bridgehead atoms. The van der Waals surface area contributed by atoms with Crippen LogP contribution in [0.15, 0.2) is 12.1 Å². The van der Waals surface area contributed by atoms with Crippen molar-refractivity contribution in [2.75, 3.05) is 0 Å². The molecule has 0 aliphatic carbocycles. The van der Waals surface area contributed by atoms with Crippen LogP contribution in [0.1, 0.15) is 11.1 Å². The molecule has 1 aromatic rings. The van der Waals surface area contributed by atoms with Crippen molar-refractivity contribution in [1.29, 1.82) is 0 Å². The van der Waals surface area contributed by atoms with Crippen molar-refractivity contribution in [2.45, 2.75) is 13.1 Å². The van der Waals surface area contributed by atoms with Crippen LogP contribution in [-0.2, 0) is 11.0 Å². The fraction of sp³-hybridized carbons (Fsp3) is 0.222. The van der Waals surface area contributed by atoms with Crippen molar-refractivity contribution in [3.63, 3.8) is 0 Å². The lowest BCUT2D eigenvalue weighted by molar-refractivity contribution is -0.140. The van der Waals surface area contributed by atoms with Gasteiger partial charge in [-0.25, -0.2) is 8.78 Å². The van der Waals surface area contributed by atoms with Crippen molar-refractivity contribution in [3.8, 4) is 0 Å². The van der Waals surface area contributed by atoms with E-state index in [0.717, 1.165) is 6.92 Å². The fourth-order valence-corrected chi connectivity index (χ4v) is 1.06. The van der Waals surface area contributed by atoms with Gasteiger partial charge in [0.05, 0.1) is 5.56 Å². The molecule has 84 valence electrons. The van der Waals surface area contributed by atoms with Gasteiger partial charge in [0.25, 0.3) is 0 Å². The van der Waals surface area contributed by atoms with E-state index in [0.29, 0.717) is 6.07 Å². The first kappa shape index (κ1) is 13.5. The van der Waals surface area contributed by atoms with E-state index in [9.17, 15) is 22.0 Å². The molecule has 0 aliphatic rings. The van der Waals surface area contributed by atoms with E-state index in [1.165, 1.54) is 0 Å². The highest BCUT2D eigenvalue weighted by molar-refractivity contribution is 5.30. The van der Waals surface area contributed by atoms with E-state index in [1.807, 2.05) is 6.79 Å². The molecule has 0 unspecified atom stereocenters. The molecule has 1 aromatic carbocycles. The van der Waals surface area contributed by atoms with Gasteiger partial charge in [-0.3, -0.25) is 0 Å². The number of hydrogen-bond donors (Lipinski definition) is 0. The molecular weight excluding hydrogens is 219 g/mol. The lowest BCUT2D eigenvalue weighted by atomic mass is 10.1. The summed E-state index contributed by atoms with van der Waals surface area (Å²) in [6.45, 7) is 3.01. The third-order valence-corrected chi connectivity index (χ3v) is 1.54. The molecule has 1 nitrogen and oxygen atoms in total. The maximum atomic E-state index is 12.6. The summed E-state index contributed by atoms with van der Waals surface area (Å²) in [6, 6.07) is 0.863. The summed E-state index contributed by atoms with van der Waals surface area (Å²) in [4.78, 5) is 8.00. The number of benzene rings is 1. The predicted octanol–water partition coefficient (Wildman–Crippen LogP) is 3.11. The molecule has 0 spiro atoms. The molecule has 0 aliphatic heterocycles. The molecule has 15 heavy (non-hydrogen) atoms.